The minimum absolute atomic E-state index is 0.0594. The van der Waals surface area contributed by atoms with Crippen LogP contribution in [0.5, 0.6) is 11.6 Å². The predicted octanol–water partition coefficient (Wildman–Crippen LogP) is 3.27. The molecule has 0 atom stereocenters. The average Bonchev–Trinajstić information content (AvgIpc) is 2.96. The van der Waals surface area contributed by atoms with Crippen molar-refractivity contribution in [2.24, 2.45) is 0 Å². The molecule has 22 heavy (non-hydrogen) atoms. The minimum Gasteiger partial charge on any atom is -0.476 e. The van der Waals surface area contributed by atoms with Gasteiger partial charge in [-0.2, -0.15) is 0 Å². The summed E-state index contributed by atoms with van der Waals surface area (Å²) < 4.78 is 5.44. The van der Waals surface area contributed by atoms with E-state index in [1.165, 1.54) is 5.56 Å². The Balaban J connectivity index is 1.83. The van der Waals surface area contributed by atoms with E-state index in [1.54, 1.807) is 12.1 Å². The highest BCUT2D eigenvalue weighted by Crippen LogP contribution is 2.26. The van der Waals surface area contributed by atoms with Crippen LogP contribution in [-0.4, -0.2) is 26.5 Å². The second-order valence-corrected chi connectivity index (χ2v) is 4.79. The molecule has 0 fully saturated rings. The first-order valence-electron chi connectivity index (χ1n) is 6.63. The van der Waals surface area contributed by atoms with Crippen molar-refractivity contribution >= 4 is 5.97 Å². The van der Waals surface area contributed by atoms with Gasteiger partial charge in [0, 0.05) is 0 Å². The lowest BCUT2D eigenvalue weighted by atomic mass is 10.0. The first-order valence-corrected chi connectivity index (χ1v) is 6.63. The van der Waals surface area contributed by atoms with Gasteiger partial charge in [-0.15, -0.1) is 0 Å². The Morgan fingerprint density at radius 2 is 1.91 bits per heavy atom. The van der Waals surface area contributed by atoms with Crippen molar-refractivity contribution in [1.29, 1.82) is 0 Å². The molecule has 2 N–H and O–H groups in total. The highest BCUT2D eigenvalue weighted by molar-refractivity contribution is 5.87. The number of H-pyrrole nitrogens is 1. The molecule has 0 saturated heterocycles. The van der Waals surface area contributed by atoms with Crippen LogP contribution in [0, 0.1) is 6.92 Å². The summed E-state index contributed by atoms with van der Waals surface area (Å²) in [6.45, 7) is 2.04. The van der Waals surface area contributed by atoms with Gasteiger partial charge in [0.2, 0.25) is 5.69 Å². The molecule has 0 spiro atoms. The van der Waals surface area contributed by atoms with Gasteiger partial charge in [-0.1, -0.05) is 52.3 Å². The molecular formula is C16H13N3O3. The molecule has 0 saturated carbocycles. The SMILES string of the molecule is Cc1cccc(-c2ccc(Oc3nn[nH]c3C(=O)O)cc2)c1. The maximum absolute atomic E-state index is 11.0. The number of rotatable bonds is 4. The summed E-state index contributed by atoms with van der Waals surface area (Å²) >= 11 is 0. The molecule has 1 aromatic heterocycles. The molecule has 110 valence electrons. The summed E-state index contributed by atoms with van der Waals surface area (Å²) in [5.41, 5.74) is 3.17. The molecule has 0 bridgehead atoms. The van der Waals surface area contributed by atoms with Gasteiger partial charge in [0.1, 0.15) is 5.75 Å². The fourth-order valence-corrected chi connectivity index (χ4v) is 2.08. The Bertz CT molecular complexity index is 810. The van der Waals surface area contributed by atoms with Gasteiger partial charge in [0.15, 0.2) is 0 Å². The van der Waals surface area contributed by atoms with Gasteiger partial charge < -0.3 is 9.84 Å². The number of nitrogens with one attached hydrogen (secondary N) is 1. The second kappa shape index (κ2) is 5.69. The number of aromatic amines is 1. The summed E-state index contributed by atoms with van der Waals surface area (Å²) in [5.74, 6) is -0.736. The Morgan fingerprint density at radius 3 is 2.59 bits per heavy atom. The van der Waals surface area contributed by atoms with E-state index in [0.29, 0.717) is 5.75 Å². The molecule has 0 aliphatic heterocycles. The summed E-state index contributed by atoms with van der Waals surface area (Å²) in [4.78, 5) is 11.0. The number of carboxylic acids is 1. The van der Waals surface area contributed by atoms with Crippen molar-refractivity contribution in [2.75, 3.05) is 0 Å². The highest BCUT2D eigenvalue weighted by atomic mass is 16.5. The monoisotopic (exact) mass is 295 g/mol. The van der Waals surface area contributed by atoms with Gasteiger partial charge in [-0.3, -0.25) is 0 Å². The van der Waals surface area contributed by atoms with E-state index in [9.17, 15) is 4.79 Å². The lowest BCUT2D eigenvalue weighted by Crippen LogP contribution is -1.99. The number of hydrogen-bond donors (Lipinski definition) is 2. The molecule has 6 nitrogen and oxygen atoms in total. The molecule has 0 aliphatic rings. The maximum Gasteiger partial charge on any atom is 0.359 e. The zero-order valence-electron chi connectivity index (χ0n) is 11.8. The number of ether oxygens (including phenoxy) is 1. The van der Waals surface area contributed by atoms with Crippen molar-refractivity contribution in [3.63, 3.8) is 0 Å². The third kappa shape index (κ3) is 2.80. The van der Waals surface area contributed by atoms with Crippen LogP contribution in [0.25, 0.3) is 11.1 Å². The molecule has 3 rings (SSSR count). The van der Waals surface area contributed by atoms with Gasteiger partial charge in [-0.25, -0.2) is 9.89 Å². The maximum atomic E-state index is 11.0. The van der Waals surface area contributed by atoms with Crippen molar-refractivity contribution in [2.45, 2.75) is 6.92 Å². The van der Waals surface area contributed by atoms with Crippen LogP contribution in [0.4, 0.5) is 0 Å². The van der Waals surface area contributed by atoms with Crippen LogP contribution < -0.4 is 4.74 Å². The Labute approximate surface area is 126 Å². The molecule has 6 heteroatoms. The summed E-state index contributed by atoms with van der Waals surface area (Å²) in [6, 6.07) is 15.5. The normalized spacial score (nSPS) is 10.4. The number of carbonyl (C=O) groups is 1. The lowest BCUT2D eigenvalue weighted by Gasteiger charge is -2.06. The van der Waals surface area contributed by atoms with E-state index in [1.807, 2.05) is 37.3 Å². The van der Waals surface area contributed by atoms with Gasteiger partial charge in [0.25, 0.3) is 5.88 Å². The number of aryl methyl sites for hydroxylation is 1. The van der Waals surface area contributed by atoms with E-state index in [4.69, 9.17) is 9.84 Å². The van der Waals surface area contributed by atoms with E-state index >= 15 is 0 Å². The third-order valence-electron chi connectivity index (χ3n) is 3.15. The van der Waals surface area contributed by atoms with Gasteiger partial charge in [-0.05, 0) is 30.2 Å². The highest BCUT2D eigenvalue weighted by Gasteiger charge is 2.16. The first kappa shape index (κ1) is 13.8. The smallest absolute Gasteiger partial charge is 0.359 e. The van der Waals surface area contributed by atoms with Crippen LogP contribution >= 0.6 is 0 Å². The topological polar surface area (TPSA) is 88.1 Å². The number of hydrogen-bond acceptors (Lipinski definition) is 4. The lowest BCUT2D eigenvalue weighted by molar-refractivity contribution is 0.0687. The van der Waals surface area contributed by atoms with Crippen molar-refractivity contribution < 1.29 is 14.6 Å². The van der Waals surface area contributed by atoms with Gasteiger partial charge >= 0.3 is 5.97 Å². The number of carboxylic acid groups (broad SMARTS) is 1. The predicted molar refractivity (Wildman–Crippen MR) is 80.0 cm³/mol. The number of benzene rings is 2. The van der Waals surface area contributed by atoms with Crippen LogP contribution in [-0.2, 0) is 0 Å². The summed E-state index contributed by atoms with van der Waals surface area (Å²) in [7, 11) is 0. The molecule has 0 aliphatic carbocycles. The first-order chi connectivity index (χ1) is 10.6. The number of aromatic nitrogens is 3. The average molecular weight is 295 g/mol. The van der Waals surface area contributed by atoms with Crippen LogP contribution in [0.15, 0.2) is 48.5 Å². The zero-order chi connectivity index (χ0) is 15.5. The zero-order valence-corrected chi connectivity index (χ0v) is 11.8. The molecule has 0 radical (unpaired) electrons. The van der Waals surface area contributed by atoms with E-state index in [0.717, 1.165) is 11.1 Å². The number of aromatic carboxylic acids is 1. The second-order valence-electron chi connectivity index (χ2n) is 4.79. The Hall–Kier alpha value is -3.15. The van der Waals surface area contributed by atoms with Crippen molar-refractivity contribution in [3.05, 3.63) is 59.8 Å². The molecule has 0 unspecified atom stereocenters. The van der Waals surface area contributed by atoms with E-state index in [-0.39, 0.29) is 11.6 Å². The molecule has 3 aromatic rings. The summed E-state index contributed by atoms with van der Waals surface area (Å²) in [6.07, 6.45) is 0. The van der Waals surface area contributed by atoms with Crippen LogP contribution in [0.1, 0.15) is 16.1 Å². The molecule has 2 aromatic carbocycles. The summed E-state index contributed by atoms with van der Waals surface area (Å²) in [5, 5.41) is 18.3. The fraction of sp³-hybridized carbons (Fsp3) is 0.0625. The third-order valence-corrected chi connectivity index (χ3v) is 3.15. The van der Waals surface area contributed by atoms with Gasteiger partial charge in [0.05, 0.1) is 0 Å². The minimum atomic E-state index is -1.17. The van der Waals surface area contributed by atoms with E-state index in [2.05, 4.69) is 21.5 Å². The quantitative estimate of drug-likeness (QED) is 0.771. The number of nitrogens with zero attached hydrogens (tertiary/aromatic N) is 2. The van der Waals surface area contributed by atoms with Crippen LogP contribution in [0.3, 0.4) is 0 Å². The largest absolute Gasteiger partial charge is 0.476 e. The van der Waals surface area contributed by atoms with Crippen molar-refractivity contribution in [3.8, 4) is 22.8 Å². The standard InChI is InChI=1S/C16H13N3O3/c1-10-3-2-4-12(9-10)11-5-7-13(8-6-11)22-15-14(16(20)21)17-19-18-15/h2-9H,1H3,(H,20,21)(H,17,18,19). The van der Waals surface area contributed by atoms with Crippen molar-refractivity contribution in [1.82, 2.24) is 15.4 Å². The van der Waals surface area contributed by atoms with E-state index < -0.39 is 5.97 Å². The Kier molecular flexibility index (Phi) is 3.57. The molecule has 0 amide bonds. The Morgan fingerprint density at radius 1 is 1.14 bits per heavy atom. The molecular weight excluding hydrogens is 282 g/mol. The van der Waals surface area contributed by atoms with Crippen LogP contribution in [0.2, 0.25) is 0 Å². The fourth-order valence-electron chi connectivity index (χ4n) is 2.08. The molecule has 1 heterocycles.